The number of anilines is 3. The van der Waals surface area contributed by atoms with Gasteiger partial charge in [-0.2, -0.15) is 0 Å². The predicted octanol–water partition coefficient (Wildman–Crippen LogP) is 11.6. The van der Waals surface area contributed by atoms with E-state index >= 15 is 0 Å². The lowest BCUT2D eigenvalue weighted by Crippen LogP contribution is -2.26. The van der Waals surface area contributed by atoms with Crippen LogP contribution in [0.3, 0.4) is 0 Å². The van der Waals surface area contributed by atoms with Crippen molar-refractivity contribution in [3.05, 3.63) is 197 Å². The molecule has 0 saturated carbocycles. The van der Waals surface area contributed by atoms with Crippen LogP contribution >= 0.6 is 0 Å². The third-order valence-corrected chi connectivity index (χ3v) is 9.62. The predicted molar refractivity (Wildman–Crippen MR) is 183 cm³/mol. The van der Waals surface area contributed by atoms with Crippen LogP contribution in [0.2, 0.25) is 0 Å². The molecule has 0 bridgehead atoms. The Morgan fingerprint density at radius 3 is 1.45 bits per heavy atom. The van der Waals surface area contributed by atoms with Gasteiger partial charge in [-0.1, -0.05) is 91.0 Å². The van der Waals surface area contributed by atoms with Crippen LogP contribution in [0.25, 0.3) is 33.4 Å². The number of fused-ring (bicyclic) bond motifs is 10. The first kappa shape index (κ1) is 27.4. The SMILES string of the molecule is Fc1ccc(N(c2cccc(-c3cc(F)cc(F)c3)c2)c2ccc3c(c2)C2(c4ccccc4-c4ccccc42)c2ccccc2-3)cc1. The monoisotopic (exact) mass is 613 g/mol. The zero-order valence-electron chi connectivity index (χ0n) is 25.1. The van der Waals surface area contributed by atoms with Crippen molar-refractivity contribution in [2.45, 2.75) is 5.41 Å². The van der Waals surface area contributed by atoms with Gasteiger partial charge in [0.05, 0.1) is 5.41 Å². The van der Waals surface area contributed by atoms with Gasteiger partial charge in [-0.05, 0) is 116 Å². The average Bonchev–Trinajstić information content (AvgIpc) is 3.56. The first-order valence-corrected chi connectivity index (χ1v) is 15.6. The topological polar surface area (TPSA) is 3.24 Å². The van der Waals surface area contributed by atoms with E-state index in [2.05, 4.69) is 95.9 Å². The highest BCUT2D eigenvalue weighted by Crippen LogP contribution is 2.63. The molecular weight excluding hydrogens is 587 g/mol. The maximum Gasteiger partial charge on any atom is 0.126 e. The van der Waals surface area contributed by atoms with E-state index in [0.717, 1.165) is 23.1 Å². The molecule has 0 aromatic heterocycles. The molecule has 7 aromatic rings. The lowest BCUT2D eigenvalue weighted by molar-refractivity contribution is 0.584. The van der Waals surface area contributed by atoms with Crippen LogP contribution in [-0.2, 0) is 5.41 Å². The van der Waals surface area contributed by atoms with Crippen molar-refractivity contribution in [2.24, 2.45) is 0 Å². The van der Waals surface area contributed by atoms with Crippen molar-refractivity contribution >= 4 is 17.1 Å². The van der Waals surface area contributed by atoms with Crippen LogP contribution in [0, 0.1) is 17.5 Å². The zero-order chi connectivity index (χ0) is 31.7. The number of hydrogen-bond donors (Lipinski definition) is 0. The van der Waals surface area contributed by atoms with Gasteiger partial charge in [0.25, 0.3) is 0 Å². The fourth-order valence-electron chi connectivity index (χ4n) is 7.80. The molecule has 1 nitrogen and oxygen atoms in total. The lowest BCUT2D eigenvalue weighted by Gasteiger charge is -2.32. The highest BCUT2D eigenvalue weighted by Gasteiger charge is 2.51. The summed E-state index contributed by atoms with van der Waals surface area (Å²) in [5, 5.41) is 0. The van der Waals surface area contributed by atoms with Gasteiger partial charge in [0.15, 0.2) is 0 Å². The molecule has 0 amide bonds. The van der Waals surface area contributed by atoms with Gasteiger partial charge < -0.3 is 4.90 Å². The molecule has 0 radical (unpaired) electrons. The maximum absolute atomic E-state index is 14.3. The Kier molecular flexibility index (Phi) is 6.03. The molecule has 0 aliphatic heterocycles. The van der Waals surface area contributed by atoms with Crippen LogP contribution in [0.15, 0.2) is 158 Å². The summed E-state index contributed by atoms with van der Waals surface area (Å²) >= 11 is 0. The number of nitrogens with zero attached hydrogens (tertiary/aromatic N) is 1. The second kappa shape index (κ2) is 10.3. The average molecular weight is 614 g/mol. The van der Waals surface area contributed by atoms with E-state index < -0.39 is 17.0 Å². The molecule has 4 heteroatoms. The Labute approximate surface area is 270 Å². The molecule has 0 atom stereocenters. The summed E-state index contributed by atoms with van der Waals surface area (Å²) in [7, 11) is 0. The van der Waals surface area contributed by atoms with Crippen molar-refractivity contribution in [3.8, 4) is 33.4 Å². The van der Waals surface area contributed by atoms with Crippen LogP contribution in [0.1, 0.15) is 22.3 Å². The van der Waals surface area contributed by atoms with Gasteiger partial charge in [-0.25, -0.2) is 13.2 Å². The van der Waals surface area contributed by atoms with Crippen LogP contribution < -0.4 is 4.90 Å². The van der Waals surface area contributed by atoms with Crippen molar-refractivity contribution in [1.29, 1.82) is 0 Å². The summed E-state index contributed by atoms with van der Waals surface area (Å²) in [6.07, 6.45) is 0. The molecule has 1 spiro atoms. The smallest absolute Gasteiger partial charge is 0.126 e. The summed E-state index contributed by atoms with van der Waals surface area (Å²) < 4.78 is 42.7. The Hall–Kier alpha value is -5.87. The van der Waals surface area contributed by atoms with Crippen molar-refractivity contribution in [1.82, 2.24) is 0 Å². The Morgan fingerprint density at radius 2 is 0.851 bits per heavy atom. The molecule has 2 aliphatic carbocycles. The van der Waals surface area contributed by atoms with Crippen LogP contribution in [0.5, 0.6) is 0 Å². The highest BCUT2D eigenvalue weighted by atomic mass is 19.1. The Bertz CT molecular complexity index is 2270. The molecule has 224 valence electrons. The molecule has 0 heterocycles. The van der Waals surface area contributed by atoms with Gasteiger partial charge >= 0.3 is 0 Å². The highest BCUT2D eigenvalue weighted by molar-refractivity contribution is 5.96. The summed E-state index contributed by atoms with van der Waals surface area (Å²) in [4.78, 5) is 2.07. The number of benzene rings is 7. The number of halogens is 3. The molecule has 9 rings (SSSR count). The first-order chi connectivity index (χ1) is 23.0. The zero-order valence-corrected chi connectivity index (χ0v) is 25.1. The van der Waals surface area contributed by atoms with Gasteiger partial charge in [-0.15, -0.1) is 0 Å². The quantitative estimate of drug-likeness (QED) is 0.191. The molecule has 2 aliphatic rings. The molecule has 0 fully saturated rings. The van der Waals surface area contributed by atoms with Gasteiger partial charge in [0.2, 0.25) is 0 Å². The Balaban J connectivity index is 1.30. The molecule has 0 N–H and O–H groups in total. The molecule has 0 unspecified atom stereocenters. The lowest BCUT2D eigenvalue weighted by atomic mass is 9.70. The first-order valence-electron chi connectivity index (χ1n) is 15.6. The summed E-state index contributed by atoms with van der Waals surface area (Å²) in [5.41, 5.74) is 12.7. The van der Waals surface area contributed by atoms with Gasteiger partial charge in [0, 0.05) is 23.1 Å². The second-order valence-electron chi connectivity index (χ2n) is 12.1. The van der Waals surface area contributed by atoms with Gasteiger partial charge in [0.1, 0.15) is 17.5 Å². The largest absolute Gasteiger partial charge is 0.310 e. The summed E-state index contributed by atoms with van der Waals surface area (Å²) in [5.74, 6) is -1.61. The third-order valence-electron chi connectivity index (χ3n) is 9.62. The molecule has 7 aromatic carbocycles. The van der Waals surface area contributed by atoms with E-state index in [0.29, 0.717) is 11.1 Å². The van der Waals surface area contributed by atoms with Crippen molar-refractivity contribution < 1.29 is 13.2 Å². The Morgan fingerprint density at radius 1 is 0.340 bits per heavy atom. The van der Waals surface area contributed by atoms with E-state index in [9.17, 15) is 13.2 Å². The fourth-order valence-corrected chi connectivity index (χ4v) is 7.80. The molecular formula is C43H26F3N. The molecule has 0 saturated heterocycles. The minimum Gasteiger partial charge on any atom is -0.310 e. The minimum absolute atomic E-state index is 0.333. The van der Waals surface area contributed by atoms with Crippen molar-refractivity contribution in [3.63, 3.8) is 0 Å². The molecule has 47 heavy (non-hydrogen) atoms. The van der Waals surface area contributed by atoms with E-state index in [-0.39, 0.29) is 5.82 Å². The third kappa shape index (κ3) is 4.04. The second-order valence-corrected chi connectivity index (χ2v) is 12.1. The fraction of sp³-hybridized carbons (Fsp3) is 0.0233. The van der Waals surface area contributed by atoms with Gasteiger partial charge in [-0.3, -0.25) is 0 Å². The normalized spacial score (nSPS) is 13.2. The summed E-state index contributed by atoms with van der Waals surface area (Å²) in [6, 6.07) is 50.0. The summed E-state index contributed by atoms with van der Waals surface area (Å²) in [6.45, 7) is 0. The standard InChI is InChI=1S/C43H26F3N/c44-29-16-18-32(19-17-29)47(33-9-7-8-27(24-33)28-22-30(45)25-31(46)23-28)34-20-21-38-37-12-3-6-15-41(37)43(42(38)26-34)39-13-4-1-10-35(39)36-11-2-5-14-40(36)43/h1-26H. The van der Waals surface area contributed by atoms with E-state index in [4.69, 9.17) is 0 Å². The van der Waals surface area contributed by atoms with E-state index in [1.54, 1.807) is 12.1 Å². The number of hydrogen-bond acceptors (Lipinski definition) is 1. The number of rotatable bonds is 4. The van der Waals surface area contributed by atoms with E-state index in [1.165, 1.54) is 68.8 Å². The van der Waals surface area contributed by atoms with E-state index in [1.807, 2.05) is 24.3 Å². The van der Waals surface area contributed by atoms with Crippen molar-refractivity contribution in [2.75, 3.05) is 4.90 Å². The minimum atomic E-state index is -0.638. The van der Waals surface area contributed by atoms with Crippen LogP contribution in [0.4, 0.5) is 30.2 Å². The maximum atomic E-state index is 14.3. The van der Waals surface area contributed by atoms with Crippen LogP contribution in [-0.4, -0.2) is 0 Å².